The second-order valence-electron chi connectivity index (χ2n) is 9.71. The number of benzene rings is 1. The lowest BCUT2D eigenvalue weighted by Gasteiger charge is -2.33. The summed E-state index contributed by atoms with van der Waals surface area (Å²) in [7, 11) is 1.63. The molecule has 11 nitrogen and oxygen atoms in total. The summed E-state index contributed by atoms with van der Waals surface area (Å²) in [6, 6.07) is 7.36. The van der Waals surface area contributed by atoms with Gasteiger partial charge in [-0.3, -0.25) is 4.90 Å². The first-order valence-corrected chi connectivity index (χ1v) is 11.5. The number of aliphatic hydroxyl groups excluding tert-OH is 1. The van der Waals surface area contributed by atoms with E-state index in [4.69, 9.17) is 14.1 Å². The van der Waals surface area contributed by atoms with Crippen LogP contribution in [0.2, 0.25) is 0 Å². The molecule has 0 unspecified atom stereocenters. The number of para-hydroxylation sites is 1. The van der Waals surface area contributed by atoms with Crippen LogP contribution >= 0.6 is 0 Å². The van der Waals surface area contributed by atoms with Crippen molar-refractivity contribution in [2.75, 3.05) is 17.3 Å². The van der Waals surface area contributed by atoms with Crippen LogP contribution in [0.15, 0.2) is 41.3 Å². The molecule has 2 atom stereocenters. The van der Waals surface area contributed by atoms with Crippen LogP contribution in [0.5, 0.6) is 0 Å². The summed E-state index contributed by atoms with van der Waals surface area (Å²) in [5.41, 5.74) is 2.81. The third kappa shape index (κ3) is 4.64. The molecule has 184 valence electrons. The molecule has 0 bridgehead atoms. The van der Waals surface area contributed by atoms with E-state index in [0.717, 1.165) is 24.1 Å². The van der Waals surface area contributed by atoms with Gasteiger partial charge in [-0.25, -0.2) is 14.8 Å². The number of nitrogens with one attached hydrogen (secondary N) is 2. The van der Waals surface area contributed by atoms with Crippen LogP contribution < -0.4 is 15.5 Å². The van der Waals surface area contributed by atoms with Gasteiger partial charge in [0.1, 0.15) is 22.8 Å². The molecule has 1 amide bonds. The SMILES string of the molecule is CN(C(=O)OC(C)(C)C)c1cc(Nc2cccc3ocnc23)nc2c(CN[C@H]3CC[C@@H]3O)cnn12. The molecule has 3 N–H and O–H groups in total. The Kier molecular flexibility index (Phi) is 5.81. The number of carbonyl (C=O) groups is 1. The van der Waals surface area contributed by atoms with E-state index in [1.807, 2.05) is 39.0 Å². The van der Waals surface area contributed by atoms with Gasteiger partial charge in [0.2, 0.25) is 0 Å². The monoisotopic (exact) mass is 479 g/mol. The molecule has 4 aromatic rings. The van der Waals surface area contributed by atoms with Crippen molar-refractivity contribution in [1.82, 2.24) is 24.9 Å². The van der Waals surface area contributed by atoms with Crippen LogP contribution in [0.3, 0.4) is 0 Å². The minimum absolute atomic E-state index is 0.0555. The number of aromatic nitrogens is 4. The van der Waals surface area contributed by atoms with Crippen molar-refractivity contribution < 1.29 is 19.1 Å². The number of amides is 1. The standard InChI is InChI=1S/C24H29N7O4/c1-24(2,3)35-23(33)30(4)20-10-19(28-16-6-5-7-18-21(16)26-13-34-18)29-22-14(12-27-31(20)22)11-25-15-8-9-17(15)32/h5-7,10,12-13,15,17,25,32H,8-9,11H2,1-4H3,(H,28,29)/t15-,17-/m0/s1. The fraction of sp³-hybridized carbons (Fsp3) is 0.417. The average Bonchev–Trinajstić information content (AvgIpc) is 3.44. The van der Waals surface area contributed by atoms with Crippen molar-refractivity contribution in [2.45, 2.75) is 57.9 Å². The van der Waals surface area contributed by atoms with Gasteiger partial charge in [-0.05, 0) is 45.7 Å². The average molecular weight is 480 g/mol. The maximum atomic E-state index is 12.9. The Labute approximate surface area is 202 Å². The van der Waals surface area contributed by atoms with Gasteiger partial charge < -0.3 is 24.9 Å². The number of nitrogens with zero attached hydrogens (tertiary/aromatic N) is 5. The van der Waals surface area contributed by atoms with Crippen LogP contribution in [-0.4, -0.2) is 55.6 Å². The zero-order valence-corrected chi connectivity index (χ0v) is 20.1. The Morgan fingerprint density at radius 3 is 2.89 bits per heavy atom. The topological polar surface area (TPSA) is 130 Å². The number of oxazole rings is 1. The quantitative estimate of drug-likeness (QED) is 0.380. The molecule has 1 saturated carbocycles. The highest BCUT2D eigenvalue weighted by molar-refractivity contribution is 5.90. The highest BCUT2D eigenvalue weighted by atomic mass is 16.6. The Balaban J connectivity index is 1.53. The number of aliphatic hydroxyl groups is 1. The van der Waals surface area contributed by atoms with Crippen molar-refractivity contribution >= 4 is 40.2 Å². The van der Waals surface area contributed by atoms with Gasteiger partial charge in [-0.1, -0.05) is 6.07 Å². The van der Waals surface area contributed by atoms with E-state index < -0.39 is 11.7 Å². The largest absolute Gasteiger partial charge is 0.443 e. The van der Waals surface area contributed by atoms with E-state index in [1.165, 1.54) is 11.3 Å². The van der Waals surface area contributed by atoms with Crippen LogP contribution in [0.4, 0.5) is 22.1 Å². The summed E-state index contributed by atoms with van der Waals surface area (Å²) in [5.74, 6) is 0.984. The van der Waals surface area contributed by atoms with E-state index in [-0.39, 0.29) is 12.1 Å². The van der Waals surface area contributed by atoms with Crippen LogP contribution in [0, 0.1) is 0 Å². The Hall–Kier alpha value is -3.70. The minimum Gasteiger partial charge on any atom is -0.443 e. The van der Waals surface area contributed by atoms with Crippen molar-refractivity contribution in [1.29, 1.82) is 0 Å². The highest BCUT2D eigenvalue weighted by Crippen LogP contribution is 2.29. The molecule has 3 aromatic heterocycles. The normalized spacial score (nSPS) is 18.0. The number of anilines is 3. The van der Waals surface area contributed by atoms with E-state index in [9.17, 15) is 9.90 Å². The molecule has 0 spiro atoms. The summed E-state index contributed by atoms with van der Waals surface area (Å²) < 4.78 is 12.6. The van der Waals surface area contributed by atoms with Crippen LogP contribution in [-0.2, 0) is 11.3 Å². The molecule has 35 heavy (non-hydrogen) atoms. The summed E-state index contributed by atoms with van der Waals surface area (Å²) >= 11 is 0. The second-order valence-corrected chi connectivity index (χ2v) is 9.71. The maximum Gasteiger partial charge on any atom is 0.415 e. The van der Waals surface area contributed by atoms with Gasteiger partial charge >= 0.3 is 6.09 Å². The lowest BCUT2D eigenvalue weighted by molar-refractivity contribution is 0.0493. The second kappa shape index (κ2) is 8.82. The number of ether oxygens (including phenoxy) is 1. The summed E-state index contributed by atoms with van der Waals surface area (Å²) in [4.78, 5) is 23.4. The van der Waals surface area contributed by atoms with Gasteiger partial charge in [0.15, 0.2) is 17.6 Å². The third-order valence-corrected chi connectivity index (χ3v) is 5.95. The Bertz CT molecular complexity index is 1370. The Morgan fingerprint density at radius 2 is 2.17 bits per heavy atom. The fourth-order valence-electron chi connectivity index (χ4n) is 3.93. The van der Waals surface area contributed by atoms with Gasteiger partial charge in [0, 0.05) is 31.3 Å². The molecule has 11 heteroatoms. The number of hydrogen-bond donors (Lipinski definition) is 3. The fourth-order valence-corrected chi connectivity index (χ4v) is 3.93. The maximum absolute atomic E-state index is 12.9. The molecule has 1 aliphatic rings. The first-order valence-electron chi connectivity index (χ1n) is 11.5. The van der Waals surface area contributed by atoms with Crippen LogP contribution in [0.25, 0.3) is 16.7 Å². The summed E-state index contributed by atoms with van der Waals surface area (Å²) in [6.07, 6.45) is 3.99. The minimum atomic E-state index is -0.649. The summed E-state index contributed by atoms with van der Waals surface area (Å²) in [5, 5.41) is 21.1. The number of hydrogen-bond acceptors (Lipinski definition) is 9. The van der Waals surface area contributed by atoms with E-state index in [2.05, 4.69) is 20.7 Å². The van der Waals surface area contributed by atoms with Crippen molar-refractivity contribution in [3.05, 3.63) is 42.4 Å². The summed E-state index contributed by atoms with van der Waals surface area (Å²) in [6.45, 7) is 5.94. The van der Waals surface area contributed by atoms with Gasteiger partial charge in [-0.2, -0.15) is 9.61 Å². The van der Waals surface area contributed by atoms with Gasteiger partial charge in [0.25, 0.3) is 0 Å². The zero-order valence-electron chi connectivity index (χ0n) is 20.1. The molecule has 1 aromatic carbocycles. The predicted molar refractivity (Wildman–Crippen MR) is 131 cm³/mol. The lowest BCUT2D eigenvalue weighted by Crippen LogP contribution is -2.47. The molecule has 3 heterocycles. The first kappa shape index (κ1) is 23.1. The first-order chi connectivity index (χ1) is 16.7. The molecule has 1 aliphatic carbocycles. The number of fused-ring (bicyclic) bond motifs is 2. The molecule has 0 saturated heterocycles. The van der Waals surface area contributed by atoms with E-state index in [1.54, 1.807) is 23.8 Å². The highest BCUT2D eigenvalue weighted by Gasteiger charge is 2.29. The van der Waals surface area contributed by atoms with Crippen molar-refractivity contribution in [3.8, 4) is 0 Å². The molecule has 1 fully saturated rings. The smallest absolute Gasteiger partial charge is 0.415 e. The van der Waals surface area contributed by atoms with Crippen LogP contribution in [0.1, 0.15) is 39.2 Å². The van der Waals surface area contributed by atoms with Crippen molar-refractivity contribution in [3.63, 3.8) is 0 Å². The zero-order chi connectivity index (χ0) is 24.7. The molecule has 0 aliphatic heterocycles. The third-order valence-electron chi connectivity index (χ3n) is 5.95. The number of carbonyl (C=O) groups excluding carboxylic acids is 1. The van der Waals surface area contributed by atoms with Gasteiger partial charge in [-0.15, -0.1) is 0 Å². The lowest BCUT2D eigenvalue weighted by atomic mass is 9.89. The van der Waals surface area contributed by atoms with Gasteiger partial charge in [0.05, 0.1) is 18.0 Å². The predicted octanol–water partition coefficient (Wildman–Crippen LogP) is 3.60. The Morgan fingerprint density at radius 1 is 1.34 bits per heavy atom. The molecular formula is C24H29N7O4. The number of rotatable bonds is 6. The van der Waals surface area contributed by atoms with Crippen molar-refractivity contribution in [2.24, 2.45) is 0 Å². The van der Waals surface area contributed by atoms with E-state index in [0.29, 0.717) is 34.9 Å². The van der Waals surface area contributed by atoms with E-state index >= 15 is 0 Å². The molecule has 0 radical (unpaired) electrons. The molecular weight excluding hydrogens is 450 g/mol. The molecule has 5 rings (SSSR count).